The lowest BCUT2D eigenvalue weighted by Crippen LogP contribution is -2.29. The fourth-order valence-electron chi connectivity index (χ4n) is 3.80. The smallest absolute Gasteiger partial charge is 0.251 e. The van der Waals surface area contributed by atoms with Crippen molar-refractivity contribution in [2.45, 2.75) is 18.4 Å². The van der Waals surface area contributed by atoms with E-state index in [4.69, 9.17) is 19.9 Å². The summed E-state index contributed by atoms with van der Waals surface area (Å²) < 4.78 is 17.7. The van der Waals surface area contributed by atoms with Crippen molar-refractivity contribution in [1.82, 2.24) is 10.3 Å². The first kappa shape index (κ1) is 26.3. The fourth-order valence-corrected chi connectivity index (χ4v) is 3.80. The van der Waals surface area contributed by atoms with E-state index in [1.807, 2.05) is 48.5 Å². The molecule has 0 atom stereocenters. The summed E-state index contributed by atoms with van der Waals surface area (Å²) in [7, 11) is 3.23. The topological polar surface area (TPSA) is 95.7 Å². The lowest BCUT2D eigenvalue weighted by Gasteiger charge is -2.16. The minimum Gasteiger partial charge on any atom is -0.493 e. The zero-order valence-electron chi connectivity index (χ0n) is 19.4. The number of halogens is 2. The Morgan fingerprint density at radius 2 is 1.83 bits per heavy atom. The Hall–Kier alpha value is -3.26. The van der Waals surface area contributed by atoms with Crippen LogP contribution < -0.4 is 25.3 Å². The summed E-state index contributed by atoms with van der Waals surface area (Å²) >= 11 is 0. The SMILES string of the molecule is CNC(=O)c1cccc2cc(Oc3ccnc4cc(OCC5(N)CC5)c(OC)cc34)ccc12.Cl.Cl. The maximum atomic E-state index is 12.2. The maximum Gasteiger partial charge on any atom is 0.251 e. The van der Waals surface area contributed by atoms with Gasteiger partial charge in [-0.25, -0.2) is 0 Å². The van der Waals surface area contributed by atoms with Gasteiger partial charge in [-0.3, -0.25) is 9.78 Å². The summed E-state index contributed by atoms with van der Waals surface area (Å²) in [6, 6.07) is 16.8. The molecule has 3 aromatic carbocycles. The standard InChI is InChI=1S/C26H25N3O4.2ClH/c1-28-25(30)19-5-3-4-16-12-17(6-7-18(16)19)33-22-8-11-29-21-14-24(23(31-2)13-20(21)22)32-15-26(27)9-10-26;;/h3-8,11-14H,9-10,15,27H2,1-2H3,(H,28,30);2*1H. The number of hydrogen-bond acceptors (Lipinski definition) is 6. The number of rotatable bonds is 7. The maximum absolute atomic E-state index is 12.2. The average Bonchev–Trinajstić information content (AvgIpc) is 3.58. The Kier molecular flexibility index (Phi) is 7.95. The van der Waals surface area contributed by atoms with Crippen LogP contribution in [0.25, 0.3) is 21.7 Å². The molecule has 1 fully saturated rings. The van der Waals surface area contributed by atoms with Crippen LogP contribution in [-0.2, 0) is 0 Å². The first-order chi connectivity index (χ1) is 16.0. The van der Waals surface area contributed by atoms with E-state index in [-0.39, 0.29) is 36.3 Å². The first-order valence-corrected chi connectivity index (χ1v) is 10.8. The van der Waals surface area contributed by atoms with Crippen LogP contribution in [0.4, 0.5) is 0 Å². The van der Waals surface area contributed by atoms with Gasteiger partial charge in [-0.05, 0) is 60.0 Å². The molecule has 1 amide bonds. The number of benzene rings is 3. The molecule has 1 aromatic heterocycles. The molecular formula is C26H27Cl2N3O4. The molecular weight excluding hydrogens is 489 g/mol. The van der Waals surface area contributed by atoms with Gasteiger partial charge in [-0.1, -0.05) is 12.1 Å². The van der Waals surface area contributed by atoms with Crippen LogP contribution in [0.2, 0.25) is 0 Å². The number of ether oxygens (including phenoxy) is 3. The zero-order chi connectivity index (χ0) is 23.0. The molecule has 7 nitrogen and oxygen atoms in total. The highest BCUT2D eigenvalue weighted by atomic mass is 35.5. The summed E-state index contributed by atoms with van der Waals surface area (Å²) in [5, 5.41) is 5.25. The van der Waals surface area contributed by atoms with Gasteiger partial charge in [0.05, 0.1) is 18.2 Å². The third kappa shape index (κ3) is 5.37. The van der Waals surface area contributed by atoms with Crippen molar-refractivity contribution < 1.29 is 19.0 Å². The number of aromatic nitrogens is 1. The number of nitrogens with one attached hydrogen (secondary N) is 1. The number of amides is 1. The number of carbonyl (C=O) groups excluding carboxylic acids is 1. The number of fused-ring (bicyclic) bond motifs is 2. The highest BCUT2D eigenvalue weighted by molar-refractivity contribution is 6.07. The van der Waals surface area contributed by atoms with E-state index in [2.05, 4.69) is 10.3 Å². The summed E-state index contributed by atoms with van der Waals surface area (Å²) in [6.07, 6.45) is 3.63. The normalized spacial score (nSPS) is 13.3. The lowest BCUT2D eigenvalue weighted by molar-refractivity contribution is 0.0964. The van der Waals surface area contributed by atoms with Crippen molar-refractivity contribution in [2.75, 3.05) is 20.8 Å². The molecule has 0 spiro atoms. The molecule has 4 aromatic rings. The van der Waals surface area contributed by atoms with E-state index < -0.39 is 0 Å². The van der Waals surface area contributed by atoms with Gasteiger partial charge in [-0.15, -0.1) is 24.8 Å². The zero-order valence-corrected chi connectivity index (χ0v) is 21.0. The molecule has 184 valence electrons. The van der Waals surface area contributed by atoms with E-state index >= 15 is 0 Å². The number of hydrogen-bond donors (Lipinski definition) is 2. The van der Waals surface area contributed by atoms with Crippen LogP contribution in [0.3, 0.4) is 0 Å². The average molecular weight is 516 g/mol. The van der Waals surface area contributed by atoms with Gasteiger partial charge in [0.15, 0.2) is 11.5 Å². The van der Waals surface area contributed by atoms with Gasteiger partial charge in [0, 0.05) is 30.3 Å². The minimum absolute atomic E-state index is 0. The molecule has 1 aliphatic carbocycles. The third-order valence-corrected chi connectivity index (χ3v) is 5.95. The number of pyridine rings is 1. The second kappa shape index (κ2) is 10.6. The molecule has 0 aliphatic heterocycles. The lowest BCUT2D eigenvalue weighted by atomic mass is 10.0. The van der Waals surface area contributed by atoms with Crippen molar-refractivity contribution in [2.24, 2.45) is 5.73 Å². The Morgan fingerprint density at radius 3 is 2.54 bits per heavy atom. The molecule has 3 N–H and O–H groups in total. The van der Waals surface area contributed by atoms with Crippen molar-refractivity contribution in [1.29, 1.82) is 0 Å². The summed E-state index contributed by atoms with van der Waals surface area (Å²) in [4.78, 5) is 16.6. The Balaban J connectivity index is 0.00000171. The first-order valence-electron chi connectivity index (χ1n) is 10.8. The number of carbonyl (C=O) groups is 1. The van der Waals surface area contributed by atoms with E-state index in [0.29, 0.717) is 35.2 Å². The molecule has 0 saturated heterocycles. The fraction of sp³-hybridized carbons (Fsp3) is 0.231. The van der Waals surface area contributed by atoms with E-state index in [9.17, 15) is 4.79 Å². The summed E-state index contributed by atoms with van der Waals surface area (Å²) in [5.74, 6) is 2.38. The van der Waals surface area contributed by atoms with Crippen LogP contribution in [0.5, 0.6) is 23.0 Å². The van der Waals surface area contributed by atoms with Gasteiger partial charge in [0.25, 0.3) is 5.91 Å². The van der Waals surface area contributed by atoms with Crippen LogP contribution in [0.15, 0.2) is 60.8 Å². The van der Waals surface area contributed by atoms with Crippen molar-refractivity contribution in [3.05, 3.63) is 66.4 Å². The van der Waals surface area contributed by atoms with Crippen LogP contribution in [0, 0.1) is 0 Å². The van der Waals surface area contributed by atoms with Crippen LogP contribution in [0.1, 0.15) is 23.2 Å². The van der Waals surface area contributed by atoms with Gasteiger partial charge in [0.2, 0.25) is 0 Å². The number of nitrogens with two attached hydrogens (primary N) is 1. The number of nitrogens with zero attached hydrogens (tertiary/aromatic N) is 1. The Morgan fingerprint density at radius 1 is 1.03 bits per heavy atom. The van der Waals surface area contributed by atoms with Crippen LogP contribution >= 0.6 is 24.8 Å². The van der Waals surface area contributed by atoms with Gasteiger partial charge in [0.1, 0.15) is 18.1 Å². The van der Waals surface area contributed by atoms with E-state index in [0.717, 1.165) is 34.5 Å². The van der Waals surface area contributed by atoms with E-state index in [1.54, 1.807) is 26.4 Å². The second-order valence-corrected chi connectivity index (χ2v) is 8.35. The minimum atomic E-state index is -0.230. The predicted molar refractivity (Wildman–Crippen MR) is 142 cm³/mol. The molecule has 9 heteroatoms. The quantitative estimate of drug-likeness (QED) is 0.348. The molecule has 0 radical (unpaired) electrons. The highest BCUT2D eigenvalue weighted by Gasteiger charge is 2.39. The van der Waals surface area contributed by atoms with Crippen LogP contribution in [-0.4, -0.2) is 37.2 Å². The molecule has 35 heavy (non-hydrogen) atoms. The molecule has 1 aliphatic rings. The molecule has 1 heterocycles. The monoisotopic (exact) mass is 515 g/mol. The van der Waals surface area contributed by atoms with E-state index in [1.165, 1.54) is 0 Å². The Bertz CT molecular complexity index is 1380. The molecule has 5 rings (SSSR count). The predicted octanol–water partition coefficient (Wildman–Crippen LogP) is 5.26. The second-order valence-electron chi connectivity index (χ2n) is 8.35. The summed E-state index contributed by atoms with van der Waals surface area (Å²) in [5.41, 5.74) is 7.28. The van der Waals surface area contributed by atoms with Crippen molar-refractivity contribution in [3.63, 3.8) is 0 Å². The van der Waals surface area contributed by atoms with Gasteiger partial charge >= 0.3 is 0 Å². The third-order valence-electron chi connectivity index (χ3n) is 5.95. The largest absolute Gasteiger partial charge is 0.493 e. The van der Waals surface area contributed by atoms with Gasteiger partial charge in [-0.2, -0.15) is 0 Å². The molecule has 1 saturated carbocycles. The Labute approximate surface area is 215 Å². The highest BCUT2D eigenvalue weighted by Crippen LogP contribution is 2.39. The summed E-state index contributed by atoms with van der Waals surface area (Å²) in [6.45, 7) is 0.445. The van der Waals surface area contributed by atoms with Crippen molar-refractivity contribution in [3.8, 4) is 23.0 Å². The van der Waals surface area contributed by atoms with Gasteiger partial charge < -0.3 is 25.3 Å². The molecule has 0 bridgehead atoms. The van der Waals surface area contributed by atoms with Crippen molar-refractivity contribution >= 4 is 52.4 Å². The number of methoxy groups -OCH3 is 1. The molecule has 0 unspecified atom stereocenters.